The van der Waals surface area contributed by atoms with Crippen LogP contribution in [0.15, 0.2) is 24.4 Å². The Labute approximate surface area is 164 Å². The lowest BCUT2D eigenvalue weighted by Gasteiger charge is -2.17. The van der Waals surface area contributed by atoms with Gasteiger partial charge in [-0.05, 0) is 19.1 Å². The van der Waals surface area contributed by atoms with Gasteiger partial charge in [0.1, 0.15) is 36.9 Å². The molecule has 2 aromatic rings. The molecule has 1 saturated heterocycles. The van der Waals surface area contributed by atoms with Gasteiger partial charge >= 0.3 is 6.09 Å². The number of carbonyl (C=O) groups excluding carboxylic acids is 2. The van der Waals surface area contributed by atoms with E-state index in [1.54, 1.807) is 29.7 Å². The van der Waals surface area contributed by atoms with Crippen LogP contribution in [0.2, 0.25) is 0 Å². The molecular formula is C18H19F2N5O4. The first kappa shape index (κ1) is 19.0. The molecule has 0 radical (unpaired) electrons. The summed E-state index contributed by atoms with van der Waals surface area (Å²) in [5, 5.41) is 2.98. The van der Waals surface area contributed by atoms with Crippen LogP contribution in [0.5, 0.6) is 5.75 Å². The highest BCUT2D eigenvalue weighted by atomic mass is 19.3. The molecule has 2 atom stereocenters. The summed E-state index contributed by atoms with van der Waals surface area (Å²) in [5.41, 5.74) is 6.54. The van der Waals surface area contributed by atoms with Crippen LogP contribution in [0.25, 0.3) is 11.4 Å². The fourth-order valence-corrected chi connectivity index (χ4v) is 3.28. The third-order valence-corrected chi connectivity index (χ3v) is 4.83. The van der Waals surface area contributed by atoms with Crippen molar-refractivity contribution in [2.75, 3.05) is 23.4 Å². The molecule has 3 heterocycles. The van der Waals surface area contributed by atoms with E-state index < -0.39 is 30.5 Å². The summed E-state index contributed by atoms with van der Waals surface area (Å²) >= 11 is 0. The molecule has 4 rings (SSSR count). The number of amides is 2. The van der Waals surface area contributed by atoms with Crippen LogP contribution in [0, 0.1) is 0 Å². The first-order chi connectivity index (χ1) is 13.8. The molecule has 2 aliphatic heterocycles. The van der Waals surface area contributed by atoms with Crippen LogP contribution in [0.1, 0.15) is 6.92 Å². The van der Waals surface area contributed by atoms with E-state index in [1.807, 2.05) is 0 Å². The summed E-state index contributed by atoms with van der Waals surface area (Å²) < 4.78 is 38.8. The summed E-state index contributed by atoms with van der Waals surface area (Å²) in [5.74, 6) is 0.601. The molecule has 3 N–H and O–H groups in total. The average molecular weight is 409 g/mol. The maximum Gasteiger partial charge on any atom is 0.416 e. The number of anilines is 2. The molecule has 1 aromatic carbocycles. The molecule has 9 nitrogen and oxygen atoms in total. The number of rotatable bonds is 5. The van der Waals surface area contributed by atoms with Gasteiger partial charge in [0.05, 0.1) is 12.1 Å². The number of halogens is 2. The maximum absolute atomic E-state index is 13.3. The van der Waals surface area contributed by atoms with Gasteiger partial charge in [0.25, 0.3) is 6.43 Å². The average Bonchev–Trinajstić information content (AvgIpc) is 3.21. The van der Waals surface area contributed by atoms with Crippen LogP contribution in [-0.4, -0.2) is 53.3 Å². The SMILES string of the molecule is C[C@H](Nc1ccc2c(c1)OCCn1c[14c](N3C(=O)OC[C@H]3C(F)F)nc1-2)C(N)=O. The number of carbonyl (C=O) groups is 2. The number of hydrogen-bond donors (Lipinski definition) is 2. The van der Waals surface area contributed by atoms with Crippen LogP contribution in [-0.2, 0) is 16.1 Å². The highest BCUT2D eigenvalue weighted by Crippen LogP contribution is 2.36. The first-order valence-corrected chi connectivity index (χ1v) is 8.99. The molecular weight excluding hydrogens is 390 g/mol. The van der Waals surface area contributed by atoms with Gasteiger partial charge in [-0.15, -0.1) is 0 Å². The molecule has 1 aromatic heterocycles. The van der Waals surface area contributed by atoms with Crippen LogP contribution >= 0.6 is 0 Å². The van der Waals surface area contributed by atoms with E-state index in [-0.39, 0.29) is 12.4 Å². The summed E-state index contributed by atoms with van der Waals surface area (Å²) in [6.45, 7) is 1.99. The number of fused-ring (bicyclic) bond motifs is 3. The Hall–Kier alpha value is -3.37. The van der Waals surface area contributed by atoms with Crippen molar-refractivity contribution in [3.63, 3.8) is 0 Å². The van der Waals surface area contributed by atoms with E-state index >= 15 is 0 Å². The summed E-state index contributed by atoms with van der Waals surface area (Å²) in [6, 6.07) is 3.24. The molecule has 0 spiro atoms. The molecule has 154 valence electrons. The second kappa shape index (κ2) is 7.22. The second-order valence-corrected chi connectivity index (χ2v) is 6.79. The summed E-state index contributed by atoms with van der Waals surface area (Å²) in [6.07, 6.45) is -2.06. The molecule has 1 fully saturated rings. The topological polar surface area (TPSA) is 112 Å². The number of nitrogens with one attached hydrogen (secondary N) is 1. The number of ether oxygens (including phenoxy) is 2. The van der Waals surface area contributed by atoms with Crippen molar-refractivity contribution < 1.29 is 27.8 Å². The van der Waals surface area contributed by atoms with E-state index in [0.717, 1.165) is 4.90 Å². The van der Waals surface area contributed by atoms with Gasteiger partial charge in [-0.2, -0.15) is 0 Å². The number of nitrogens with zero attached hydrogens (tertiary/aromatic N) is 3. The van der Waals surface area contributed by atoms with Crippen molar-refractivity contribution in [1.29, 1.82) is 0 Å². The number of primary amides is 1. The minimum Gasteiger partial charge on any atom is -0.491 e. The Kier molecular flexibility index (Phi) is 4.73. The molecule has 0 saturated carbocycles. The predicted molar refractivity (Wildman–Crippen MR) is 99.1 cm³/mol. The molecule has 0 aliphatic carbocycles. The Morgan fingerprint density at radius 3 is 2.93 bits per heavy atom. The highest BCUT2D eigenvalue weighted by molar-refractivity contribution is 5.90. The Bertz CT molecular complexity index is 964. The lowest BCUT2D eigenvalue weighted by atomic mass is 10.1. The van der Waals surface area contributed by atoms with Crippen LogP contribution < -0.4 is 20.7 Å². The smallest absolute Gasteiger partial charge is 0.416 e. The number of hydrogen-bond acceptors (Lipinski definition) is 6. The standard InChI is InChI=1S/C18H19F2N5O4/c1-9(16(21)26)22-10-2-3-11-13(6-10)28-5-4-24-7-14(23-17(11)24)25-12(15(19)20)8-29-18(25)27/h2-3,6-7,9,12,15,22H,4-5,8H2,1H3,(H2,21,26)/t9-,12-/m0/s1/i14+2. The lowest BCUT2D eigenvalue weighted by molar-refractivity contribution is -0.118. The van der Waals surface area contributed by atoms with Gasteiger partial charge in [0.2, 0.25) is 5.91 Å². The fourth-order valence-electron chi connectivity index (χ4n) is 3.28. The number of nitrogens with two attached hydrogens (primary N) is 1. The minimum atomic E-state index is -2.75. The molecule has 0 unspecified atom stereocenters. The second-order valence-electron chi connectivity index (χ2n) is 6.79. The zero-order chi connectivity index (χ0) is 20.7. The number of cyclic esters (lactones) is 1. The summed E-state index contributed by atoms with van der Waals surface area (Å²) in [4.78, 5) is 28.5. The normalized spacial score (nSPS) is 19.1. The van der Waals surface area contributed by atoms with Crippen LogP contribution in [0.4, 0.5) is 25.1 Å². The van der Waals surface area contributed by atoms with Crippen molar-refractivity contribution in [2.45, 2.75) is 32.0 Å². The molecule has 29 heavy (non-hydrogen) atoms. The van der Waals surface area contributed by atoms with Gasteiger partial charge in [0.15, 0.2) is 5.82 Å². The van der Waals surface area contributed by atoms with Crippen molar-refractivity contribution >= 4 is 23.5 Å². The number of aromatic nitrogens is 2. The van der Waals surface area contributed by atoms with Crippen molar-refractivity contribution in [3.8, 4) is 17.1 Å². The minimum absolute atomic E-state index is 0.102. The van der Waals surface area contributed by atoms with Crippen molar-refractivity contribution in [3.05, 3.63) is 24.4 Å². The fraction of sp³-hybridized carbons (Fsp3) is 0.389. The van der Waals surface area contributed by atoms with Gasteiger partial charge < -0.3 is 25.1 Å². The third kappa shape index (κ3) is 3.43. The lowest BCUT2D eigenvalue weighted by Crippen LogP contribution is -2.38. The summed E-state index contributed by atoms with van der Waals surface area (Å²) in [7, 11) is 0. The molecule has 11 heteroatoms. The number of imidazole rings is 1. The predicted octanol–water partition coefficient (Wildman–Crippen LogP) is 1.82. The van der Waals surface area contributed by atoms with E-state index in [4.69, 9.17) is 15.2 Å². The largest absolute Gasteiger partial charge is 0.491 e. The zero-order valence-corrected chi connectivity index (χ0v) is 15.5. The molecule has 2 aliphatic rings. The number of benzene rings is 1. The van der Waals surface area contributed by atoms with Crippen molar-refractivity contribution in [2.24, 2.45) is 5.73 Å². The van der Waals surface area contributed by atoms with Gasteiger partial charge in [-0.25, -0.2) is 23.5 Å². The monoisotopic (exact) mass is 409 g/mol. The van der Waals surface area contributed by atoms with E-state index in [9.17, 15) is 18.4 Å². The maximum atomic E-state index is 13.3. The van der Waals surface area contributed by atoms with Gasteiger partial charge in [0, 0.05) is 18.0 Å². The zero-order valence-electron chi connectivity index (χ0n) is 15.5. The quantitative estimate of drug-likeness (QED) is 0.779. The van der Waals surface area contributed by atoms with E-state index in [2.05, 4.69) is 10.3 Å². The third-order valence-electron chi connectivity index (χ3n) is 4.83. The van der Waals surface area contributed by atoms with E-state index in [1.165, 1.54) is 6.20 Å². The first-order valence-electron chi connectivity index (χ1n) is 8.99. The van der Waals surface area contributed by atoms with Gasteiger partial charge in [-0.1, -0.05) is 0 Å². The highest BCUT2D eigenvalue weighted by Gasteiger charge is 2.42. The van der Waals surface area contributed by atoms with E-state index in [0.29, 0.717) is 36.0 Å². The number of alkyl halides is 2. The van der Waals surface area contributed by atoms with Gasteiger partial charge in [-0.3, -0.25) is 4.79 Å². The van der Waals surface area contributed by atoms with Crippen molar-refractivity contribution in [1.82, 2.24) is 9.55 Å². The Morgan fingerprint density at radius 2 is 2.21 bits per heavy atom. The Morgan fingerprint density at radius 1 is 1.41 bits per heavy atom. The van der Waals surface area contributed by atoms with Crippen LogP contribution in [0.3, 0.4) is 0 Å². The molecule has 2 amide bonds. The molecule has 0 bridgehead atoms. The Balaban J connectivity index is 1.68.